The molecule has 0 saturated heterocycles. The summed E-state index contributed by atoms with van der Waals surface area (Å²) in [7, 11) is 0. The van der Waals surface area contributed by atoms with Crippen LogP contribution in [0.2, 0.25) is 0 Å². The van der Waals surface area contributed by atoms with Gasteiger partial charge in [0.15, 0.2) is 0 Å². The molecule has 2 amide bonds. The summed E-state index contributed by atoms with van der Waals surface area (Å²) in [5, 5.41) is 5.01. The van der Waals surface area contributed by atoms with Crippen molar-refractivity contribution in [1.82, 2.24) is 10.6 Å². The standard InChI is InChI=1S/C24H22F2N2O3/c25-20-9-10-21(22(26)12-20)24(30)28-14-23(29)27-13-18-7-4-8-19(11-18)16-31-15-17-5-2-1-3-6-17/h1-12H,13-16H2,(H,27,29)(H,28,30). The molecule has 2 N–H and O–H groups in total. The number of ether oxygens (including phenoxy) is 1. The van der Waals surface area contributed by atoms with Crippen molar-refractivity contribution in [2.75, 3.05) is 6.54 Å². The zero-order valence-corrected chi connectivity index (χ0v) is 16.7. The van der Waals surface area contributed by atoms with E-state index in [0.29, 0.717) is 19.3 Å². The molecule has 0 fully saturated rings. The Morgan fingerprint density at radius 3 is 2.26 bits per heavy atom. The summed E-state index contributed by atoms with van der Waals surface area (Å²) in [6.45, 7) is 0.897. The maximum Gasteiger partial charge on any atom is 0.254 e. The zero-order chi connectivity index (χ0) is 22.1. The van der Waals surface area contributed by atoms with Gasteiger partial charge in [0.1, 0.15) is 11.6 Å². The Kier molecular flexibility index (Phi) is 7.84. The van der Waals surface area contributed by atoms with Crippen LogP contribution in [0.25, 0.3) is 0 Å². The van der Waals surface area contributed by atoms with Crippen LogP contribution in [0.1, 0.15) is 27.0 Å². The molecule has 3 rings (SSSR count). The van der Waals surface area contributed by atoms with Crippen molar-refractivity contribution in [3.63, 3.8) is 0 Å². The molecule has 7 heteroatoms. The van der Waals surface area contributed by atoms with Crippen LogP contribution in [0.4, 0.5) is 8.78 Å². The van der Waals surface area contributed by atoms with Gasteiger partial charge < -0.3 is 15.4 Å². The van der Waals surface area contributed by atoms with Crippen LogP contribution < -0.4 is 10.6 Å². The van der Waals surface area contributed by atoms with Gasteiger partial charge in [0, 0.05) is 12.6 Å². The van der Waals surface area contributed by atoms with E-state index < -0.39 is 23.4 Å². The average Bonchev–Trinajstić information content (AvgIpc) is 2.77. The number of halogens is 2. The molecular formula is C24H22F2N2O3. The zero-order valence-electron chi connectivity index (χ0n) is 16.7. The molecule has 0 aliphatic rings. The van der Waals surface area contributed by atoms with E-state index in [1.807, 2.05) is 54.6 Å². The summed E-state index contributed by atoms with van der Waals surface area (Å²) in [4.78, 5) is 23.9. The van der Waals surface area contributed by atoms with Crippen LogP contribution in [-0.2, 0) is 29.3 Å². The van der Waals surface area contributed by atoms with Gasteiger partial charge in [0.25, 0.3) is 5.91 Å². The molecule has 31 heavy (non-hydrogen) atoms. The third-order valence-corrected chi connectivity index (χ3v) is 4.45. The van der Waals surface area contributed by atoms with Gasteiger partial charge in [0.05, 0.1) is 25.3 Å². The third kappa shape index (κ3) is 7.01. The highest BCUT2D eigenvalue weighted by atomic mass is 19.1. The van der Waals surface area contributed by atoms with Crippen molar-refractivity contribution in [3.05, 3.63) is 107 Å². The Morgan fingerprint density at radius 2 is 1.48 bits per heavy atom. The number of benzene rings is 3. The Balaban J connectivity index is 1.42. The lowest BCUT2D eigenvalue weighted by Crippen LogP contribution is -2.36. The topological polar surface area (TPSA) is 67.4 Å². The molecule has 3 aromatic carbocycles. The molecule has 0 saturated carbocycles. The van der Waals surface area contributed by atoms with Gasteiger partial charge in [-0.1, -0.05) is 54.6 Å². The fourth-order valence-electron chi connectivity index (χ4n) is 2.88. The minimum absolute atomic E-state index is 0.270. The first-order chi connectivity index (χ1) is 15.0. The second-order valence-electron chi connectivity index (χ2n) is 6.88. The lowest BCUT2D eigenvalue weighted by Gasteiger charge is -2.09. The summed E-state index contributed by atoms with van der Waals surface area (Å²) in [6.07, 6.45) is 0. The molecule has 0 heterocycles. The third-order valence-electron chi connectivity index (χ3n) is 4.45. The molecule has 0 radical (unpaired) electrons. The van der Waals surface area contributed by atoms with Gasteiger partial charge in [-0.05, 0) is 28.8 Å². The van der Waals surface area contributed by atoms with Crippen LogP contribution in [0.15, 0.2) is 72.8 Å². The maximum atomic E-state index is 13.6. The SMILES string of the molecule is O=C(CNC(=O)c1ccc(F)cc1F)NCc1cccc(COCc2ccccc2)c1. The number of hydrogen-bond donors (Lipinski definition) is 2. The van der Waals surface area contributed by atoms with Gasteiger partial charge in [-0.15, -0.1) is 0 Å². The summed E-state index contributed by atoms with van der Waals surface area (Å²) >= 11 is 0. The molecule has 0 unspecified atom stereocenters. The molecule has 0 spiro atoms. The maximum absolute atomic E-state index is 13.6. The van der Waals surface area contributed by atoms with Gasteiger partial charge in [-0.2, -0.15) is 0 Å². The number of rotatable bonds is 9. The number of carbonyl (C=O) groups excluding carboxylic acids is 2. The van der Waals surface area contributed by atoms with Crippen molar-refractivity contribution in [3.8, 4) is 0 Å². The second-order valence-corrected chi connectivity index (χ2v) is 6.88. The monoisotopic (exact) mass is 424 g/mol. The molecular weight excluding hydrogens is 402 g/mol. The van der Waals surface area contributed by atoms with Gasteiger partial charge >= 0.3 is 0 Å². The van der Waals surface area contributed by atoms with E-state index in [1.165, 1.54) is 0 Å². The van der Waals surface area contributed by atoms with E-state index in [2.05, 4.69) is 10.6 Å². The van der Waals surface area contributed by atoms with E-state index in [1.54, 1.807) is 0 Å². The lowest BCUT2D eigenvalue weighted by molar-refractivity contribution is -0.120. The predicted molar refractivity (Wildman–Crippen MR) is 112 cm³/mol. The van der Waals surface area contributed by atoms with E-state index in [4.69, 9.17) is 4.74 Å². The molecule has 0 aliphatic heterocycles. The summed E-state index contributed by atoms with van der Waals surface area (Å²) in [5.41, 5.74) is 2.62. The van der Waals surface area contributed by atoms with Crippen molar-refractivity contribution < 1.29 is 23.1 Å². The first-order valence-electron chi connectivity index (χ1n) is 9.70. The minimum Gasteiger partial charge on any atom is -0.372 e. The predicted octanol–water partition coefficient (Wildman–Crippen LogP) is 3.73. The first-order valence-corrected chi connectivity index (χ1v) is 9.70. The molecule has 0 aliphatic carbocycles. The van der Waals surface area contributed by atoms with Crippen molar-refractivity contribution >= 4 is 11.8 Å². The highest BCUT2D eigenvalue weighted by Gasteiger charge is 2.13. The van der Waals surface area contributed by atoms with Gasteiger partial charge in [-0.25, -0.2) is 8.78 Å². The van der Waals surface area contributed by atoms with E-state index in [-0.39, 0.29) is 18.7 Å². The van der Waals surface area contributed by atoms with Crippen LogP contribution in [0.3, 0.4) is 0 Å². The lowest BCUT2D eigenvalue weighted by atomic mass is 10.1. The normalized spacial score (nSPS) is 10.5. The number of amides is 2. The molecule has 5 nitrogen and oxygen atoms in total. The van der Waals surface area contributed by atoms with Crippen LogP contribution in [-0.4, -0.2) is 18.4 Å². The minimum atomic E-state index is -0.982. The summed E-state index contributed by atoms with van der Waals surface area (Å²) in [5.74, 6) is -2.98. The van der Waals surface area contributed by atoms with Crippen molar-refractivity contribution in [1.29, 1.82) is 0 Å². The number of nitrogens with one attached hydrogen (secondary N) is 2. The Labute approximate surface area is 179 Å². The highest BCUT2D eigenvalue weighted by molar-refractivity contribution is 5.96. The van der Waals surface area contributed by atoms with Crippen molar-refractivity contribution in [2.24, 2.45) is 0 Å². The van der Waals surface area contributed by atoms with Gasteiger partial charge in [-0.3, -0.25) is 9.59 Å². The molecule has 0 atom stereocenters. The first kappa shape index (κ1) is 22.1. The molecule has 0 bridgehead atoms. The van der Waals surface area contributed by atoms with Crippen LogP contribution in [0, 0.1) is 11.6 Å². The van der Waals surface area contributed by atoms with Crippen molar-refractivity contribution in [2.45, 2.75) is 19.8 Å². The smallest absolute Gasteiger partial charge is 0.254 e. The fraction of sp³-hybridized carbons (Fsp3) is 0.167. The average molecular weight is 424 g/mol. The summed E-state index contributed by atoms with van der Waals surface area (Å²) < 4.78 is 32.2. The van der Waals surface area contributed by atoms with Gasteiger partial charge in [0.2, 0.25) is 5.91 Å². The molecule has 160 valence electrons. The summed E-state index contributed by atoms with van der Waals surface area (Å²) in [6, 6.07) is 20.1. The molecule has 0 aromatic heterocycles. The van der Waals surface area contributed by atoms with E-state index >= 15 is 0 Å². The van der Waals surface area contributed by atoms with E-state index in [0.717, 1.165) is 28.8 Å². The fourth-order valence-corrected chi connectivity index (χ4v) is 2.88. The van der Waals surface area contributed by atoms with Crippen LogP contribution >= 0.6 is 0 Å². The van der Waals surface area contributed by atoms with E-state index in [9.17, 15) is 18.4 Å². The van der Waals surface area contributed by atoms with Crippen LogP contribution in [0.5, 0.6) is 0 Å². The Hall–Kier alpha value is -3.58. The number of carbonyl (C=O) groups is 2. The number of hydrogen-bond acceptors (Lipinski definition) is 3. The largest absolute Gasteiger partial charge is 0.372 e. The second kappa shape index (κ2) is 11.0. The quantitative estimate of drug-likeness (QED) is 0.550. The Morgan fingerprint density at radius 1 is 0.774 bits per heavy atom. The Bertz CT molecular complexity index is 1040. The highest BCUT2D eigenvalue weighted by Crippen LogP contribution is 2.10. The molecule has 3 aromatic rings.